The first-order chi connectivity index (χ1) is 26.3. The molecule has 2 aromatic carbocycles. The van der Waals surface area contributed by atoms with E-state index in [1.54, 1.807) is 12.1 Å². The van der Waals surface area contributed by atoms with Crippen molar-refractivity contribution < 1.29 is 27.7 Å². The molecule has 302 valence electrons. The molecule has 2 atom stereocenters. The molecule has 0 unspecified atom stereocenters. The van der Waals surface area contributed by atoms with Crippen LogP contribution in [-0.2, 0) is 17.6 Å². The van der Waals surface area contributed by atoms with Gasteiger partial charge in [0.1, 0.15) is 29.3 Å². The molecule has 0 spiro atoms. The van der Waals surface area contributed by atoms with E-state index in [1.807, 2.05) is 39.8 Å². The number of carbonyl (C=O) groups is 1. The molecule has 16 heteroatoms. The number of hydrogen-bond donors (Lipinski definition) is 1. The van der Waals surface area contributed by atoms with Crippen LogP contribution >= 0.6 is 0 Å². The van der Waals surface area contributed by atoms with Gasteiger partial charge in [-0.05, 0) is 93.1 Å². The topological polar surface area (TPSA) is 157 Å². The van der Waals surface area contributed by atoms with Crippen molar-refractivity contribution in [2.24, 2.45) is 11.8 Å². The van der Waals surface area contributed by atoms with E-state index in [1.165, 1.54) is 28.4 Å². The number of nitrogens with zero attached hydrogens (tertiary/aromatic N) is 10. The summed E-state index contributed by atoms with van der Waals surface area (Å²) < 4.78 is 42.6. The summed E-state index contributed by atoms with van der Waals surface area (Å²) in [4.78, 5) is 23.1. The summed E-state index contributed by atoms with van der Waals surface area (Å²) in [5.74, 6) is 2.30. The van der Waals surface area contributed by atoms with Gasteiger partial charge in [0.15, 0.2) is 5.78 Å². The number of benzene rings is 2. The fourth-order valence-electron chi connectivity index (χ4n) is 7.15. The molecule has 2 aliphatic rings. The lowest BCUT2D eigenvalue weighted by Gasteiger charge is -2.06. The zero-order valence-corrected chi connectivity index (χ0v) is 32.5. The predicted molar refractivity (Wildman–Crippen MR) is 209 cm³/mol. The highest BCUT2D eigenvalue weighted by Gasteiger charge is 2.26. The number of likely N-dealkylation sites (tertiary alicyclic amines) is 2. The molecule has 0 radical (unpaired) electrons. The number of halogens is 2. The van der Waals surface area contributed by atoms with Crippen molar-refractivity contribution in [1.82, 2.24) is 49.6 Å². The lowest BCUT2D eigenvalue weighted by Crippen LogP contribution is -2.15. The average molecular weight is 777 g/mol. The number of ketones is 1. The number of Topliss-reactive ketones (excluding diaryl/α,β-unsaturated/α-hetero) is 1. The third-order valence-corrected chi connectivity index (χ3v) is 9.88. The van der Waals surface area contributed by atoms with Crippen LogP contribution in [-0.4, -0.2) is 107 Å². The second kappa shape index (κ2) is 18.3. The number of carbonyl (C=O) groups excluding carboxylic acids is 1. The number of aliphatic hydroxyl groups is 1. The molecule has 2 aliphatic heterocycles. The van der Waals surface area contributed by atoms with Gasteiger partial charge < -0.3 is 24.0 Å². The van der Waals surface area contributed by atoms with Crippen LogP contribution in [0.15, 0.2) is 45.4 Å². The fraction of sp³-hybridized carbons (Fsp3) is 0.525. The normalized spacial score (nSPS) is 17.4. The van der Waals surface area contributed by atoms with Gasteiger partial charge in [-0.25, -0.2) is 8.78 Å². The second-order valence-corrected chi connectivity index (χ2v) is 15.3. The standard InChI is InChI=1S/2C18H22FN5O.C3H6O2.CH4/c2*1-11(2)16-13-5-4-6-14(19)17(13)24(21-16)18-20-15(25-22-18)9-12-7-8-23(3)10-12;1-3(5)2-4;/h2*4-6,11-12H,7-10H2,1-3H3;4H,2H2,1H3;1H4/t2*12-;;/m00../s1. The Morgan fingerprint density at radius 2 is 1.16 bits per heavy atom. The first-order valence-electron chi connectivity index (χ1n) is 18.8. The van der Waals surface area contributed by atoms with Crippen LogP contribution in [0.25, 0.3) is 33.7 Å². The predicted octanol–water partition coefficient (Wildman–Crippen LogP) is 6.53. The van der Waals surface area contributed by atoms with Crippen LogP contribution in [0, 0.1) is 23.5 Å². The van der Waals surface area contributed by atoms with Gasteiger partial charge in [0, 0.05) is 36.7 Å². The summed E-state index contributed by atoms with van der Waals surface area (Å²) in [6, 6.07) is 10.0. The summed E-state index contributed by atoms with van der Waals surface area (Å²) in [5.41, 5.74) is 2.47. The Hall–Kier alpha value is -4.93. The Balaban J connectivity index is 0.000000188. The smallest absolute Gasteiger partial charge is 0.291 e. The number of aromatic nitrogens is 8. The molecule has 2 saturated heterocycles. The van der Waals surface area contributed by atoms with Crippen molar-refractivity contribution in [2.45, 2.75) is 79.6 Å². The lowest BCUT2D eigenvalue weighted by atomic mass is 10.1. The van der Waals surface area contributed by atoms with Crippen molar-refractivity contribution in [2.75, 3.05) is 46.9 Å². The highest BCUT2D eigenvalue weighted by molar-refractivity contribution is 5.85. The van der Waals surface area contributed by atoms with E-state index >= 15 is 0 Å². The zero-order valence-electron chi connectivity index (χ0n) is 32.5. The number of hydrogen-bond acceptors (Lipinski definition) is 12. The molecule has 0 saturated carbocycles. The van der Waals surface area contributed by atoms with E-state index in [2.05, 4.69) is 54.4 Å². The van der Waals surface area contributed by atoms with Gasteiger partial charge in [0.25, 0.3) is 11.9 Å². The van der Waals surface area contributed by atoms with Gasteiger partial charge in [0.05, 0.1) is 11.4 Å². The van der Waals surface area contributed by atoms with Gasteiger partial charge in [-0.1, -0.05) is 59.4 Å². The van der Waals surface area contributed by atoms with Crippen LogP contribution in [0.1, 0.15) is 89.9 Å². The Labute approximate surface area is 325 Å². The minimum Gasteiger partial charge on any atom is -0.389 e. The summed E-state index contributed by atoms with van der Waals surface area (Å²) in [5, 5.41) is 26.6. The van der Waals surface area contributed by atoms with Crippen LogP contribution in [0.4, 0.5) is 8.78 Å². The quantitative estimate of drug-likeness (QED) is 0.170. The van der Waals surface area contributed by atoms with Crippen molar-refractivity contribution in [3.63, 3.8) is 0 Å². The second-order valence-electron chi connectivity index (χ2n) is 15.3. The molecular weight excluding hydrogens is 723 g/mol. The third kappa shape index (κ3) is 9.53. The Morgan fingerprint density at radius 3 is 1.48 bits per heavy atom. The molecular formula is C40H54F2N10O4. The number of rotatable bonds is 9. The maximum atomic E-state index is 14.4. The van der Waals surface area contributed by atoms with Crippen molar-refractivity contribution >= 4 is 27.6 Å². The number of para-hydroxylation sites is 2. The van der Waals surface area contributed by atoms with E-state index in [-0.39, 0.29) is 43.3 Å². The summed E-state index contributed by atoms with van der Waals surface area (Å²) in [6.07, 6.45) is 3.75. The Kier molecular flexibility index (Phi) is 13.8. The summed E-state index contributed by atoms with van der Waals surface area (Å²) in [7, 11) is 4.23. The minimum absolute atomic E-state index is 0. The summed E-state index contributed by atoms with van der Waals surface area (Å²) in [6.45, 7) is 13.4. The molecule has 6 heterocycles. The van der Waals surface area contributed by atoms with Gasteiger partial charge in [0.2, 0.25) is 11.8 Å². The molecule has 0 aliphatic carbocycles. The highest BCUT2D eigenvalue weighted by atomic mass is 19.1. The molecule has 2 fully saturated rings. The third-order valence-electron chi connectivity index (χ3n) is 9.88. The van der Waals surface area contributed by atoms with Gasteiger partial charge in [-0.15, -0.1) is 0 Å². The van der Waals surface area contributed by atoms with Crippen LogP contribution in [0.5, 0.6) is 0 Å². The highest BCUT2D eigenvalue weighted by Crippen LogP contribution is 2.30. The van der Waals surface area contributed by atoms with Crippen molar-refractivity contribution in [3.8, 4) is 11.9 Å². The average Bonchev–Trinajstić information content (AvgIpc) is 3.99. The van der Waals surface area contributed by atoms with Gasteiger partial charge in [-0.2, -0.15) is 29.5 Å². The van der Waals surface area contributed by atoms with Crippen LogP contribution in [0.2, 0.25) is 0 Å². The van der Waals surface area contributed by atoms with E-state index in [0.29, 0.717) is 46.5 Å². The van der Waals surface area contributed by atoms with Crippen LogP contribution in [0.3, 0.4) is 0 Å². The van der Waals surface area contributed by atoms with Crippen molar-refractivity contribution in [1.29, 1.82) is 0 Å². The first-order valence-corrected chi connectivity index (χ1v) is 18.8. The maximum absolute atomic E-state index is 14.4. The number of aliphatic hydroxyl groups excluding tert-OH is 1. The SMILES string of the molecule is C.CC(=O)CO.CC(C)c1nn(-c2noc(C[C@@H]3CCN(C)C3)n2)c2c(F)cccc12.CC(C)c1nn(-c2noc(C[C@@H]3CCN(C)C3)n2)c2c(F)cccc12. The Morgan fingerprint density at radius 1 is 0.768 bits per heavy atom. The molecule has 4 aromatic heterocycles. The largest absolute Gasteiger partial charge is 0.389 e. The first kappa shape index (κ1) is 42.2. The molecule has 0 bridgehead atoms. The van der Waals surface area contributed by atoms with Gasteiger partial charge in [-0.3, -0.25) is 4.79 Å². The molecule has 1 N–H and O–H groups in total. The molecule has 14 nitrogen and oxygen atoms in total. The maximum Gasteiger partial charge on any atom is 0.291 e. The van der Waals surface area contributed by atoms with E-state index in [0.717, 1.165) is 74.0 Å². The van der Waals surface area contributed by atoms with E-state index < -0.39 is 0 Å². The van der Waals surface area contributed by atoms with Gasteiger partial charge >= 0.3 is 0 Å². The minimum atomic E-state index is -0.333. The zero-order chi connectivity index (χ0) is 39.4. The number of fused-ring (bicyclic) bond motifs is 2. The molecule has 6 aromatic rings. The summed E-state index contributed by atoms with van der Waals surface area (Å²) >= 11 is 0. The van der Waals surface area contributed by atoms with E-state index in [4.69, 9.17) is 14.2 Å². The Bertz CT molecular complexity index is 2080. The van der Waals surface area contributed by atoms with E-state index in [9.17, 15) is 13.6 Å². The monoisotopic (exact) mass is 776 g/mol. The molecule has 56 heavy (non-hydrogen) atoms. The molecule has 8 rings (SSSR count). The fourth-order valence-corrected chi connectivity index (χ4v) is 7.15. The van der Waals surface area contributed by atoms with Crippen molar-refractivity contribution in [3.05, 3.63) is 71.2 Å². The lowest BCUT2D eigenvalue weighted by molar-refractivity contribution is -0.119. The molecule has 0 amide bonds. The van der Waals surface area contributed by atoms with Crippen LogP contribution < -0.4 is 0 Å².